The molecule has 27 heavy (non-hydrogen) atoms. The van der Waals surface area contributed by atoms with Crippen molar-refractivity contribution in [1.82, 2.24) is 9.29 Å². The van der Waals surface area contributed by atoms with Crippen molar-refractivity contribution in [2.24, 2.45) is 10.7 Å². The molecular formula is C15H15Cl2N5O3S2. The summed E-state index contributed by atoms with van der Waals surface area (Å²) in [5.74, 6) is -0.607. The molecule has 2 aromatic heterocycles. The minimum atomic E-state index is -3.65. The first-order chi connectivity index (χ1) is 12.5. The molecule has 0 saturated heterocycles. The van der Waals surface area contributed by atoms with Crippen LogP contribution in [0.25, 0.3) is 0 Å². The molecule has 0 saturated carbocycles. The van der Waals surface area contributed by atoms with Crippen molar-refractivity contribution in [1.29, 1.82) is 0 Å². The van der Waals surface area contributed by atoms with Gasteiger partial charge in [-0.3, -0.25) is 4.79 Å². The average molecular weight is 448 g/mol. The fourth-order valence-corrected chi connectivity index (χ4v) is 5.79. The van der Waals surface area contributed by atoms with E-state index < -0.39 is 21.5 Å². The Morgan fingerprint density at radius 1 is 1.41 bits per heavy atom. The number of nitrogens with zero attached hydrogens (tertiary/aromatic N) is 3. The molecule has 1 aliphatic heterocycles. The maximum atomic E-state index is 12.5. The molecular weight excluding hydrogens is 433 g/mol. The molecule has 0 radical (unpaired) electrons. The smallest absolute Gasteiger partial charge is 0.266 e. The van der Waals surface area contributed by atoms with E-state index in [4.69, 9.17) is 28.9 Å². The Morgan fingerprint density at radius 2 is 2.11 bits per heavy atom. The fraction of sp³-hybridized carbons (Fsp3) is 0.267. The summed E-state index contributed by atoms with van der Waals surface area (Å²) in [5.41, 5.74) is 4.57. The number of pyridine rings is 1. The van der Waals surface area contributed by atoms with Crippen LogP contribution in [0.1, 0.15) is 21.5 Å². The number of anilines is 1. The van der Waals surface area contributed by atoms with Crippen LogP contribution >= 0.6 is 34.5 Å². The van der Waals surface area contributed by atoms with Gasteiger partial charge in [-0.1, -0.05) is 29.3 Å². The molecule has 1 atom stereocenters. The second kappa shape index (κ2) is 6.93. The summed E-state index contributed by atoms with van der Waals surface area (Å²) in [6.45, 7) is 1.61. The minimum absolute atomic E-state index is 0.137. The molecule has 0 fully saturated rings. The van der Waals surface area contributed by atoms with Crippen LogP contribution in [0.5, 0.6) is 0 Å². The van der Waals surface area contributed by atoms with E-state index in [1.165, 1.54) is 13.1 Å². The van der Waals surface area contributed by atoms with Gasteiger partial charge in [0.25, 0.3) is 5.91 Å². The van der Waals surface area contributed by atoms with Crippen molar-refractivity contribution in [3.63, 3.8) is 0 Å². The number of hydrogen-bond acceptors (Lipinski definition) is 7. The lowest BCUT2D eigenvalue weighted by Gasteiger charge is -2.33. The molecule has 3 heterocycles. The summed E-state index contributed by atoms with van der Waals surface area (Å²) in [6, 6.07) is 6.29. The molecule has 1 aliphatic rings. The molecule has 1 amide bonds. The van der Waals surface area contributed by atoms with Crippen molar-refractivity contribution in [2.45, 2.75) is 12.5 Å². The van der Waals surface area contributed by atoms with Gasteiger partial charge in [-0.2, -0.15) is 0 Å². The maximum Gasteiger partial charge on any atom is 0.266 e. The number of carbonyl (C=O) groups is 1. The zero-order valence-corrected chi connectivity index (χ0v) is 17.4. The van der Waals surface area contributed by atoms with Crippen molar-refractivity contribution in [2.75, 3.05) is 18.1 Å². The van der Waals surface area contributed by atoms with Crippen molar-refractivity contribution in [3.05, 3.63) is 44.2 Å². The van der Waals surface area contributed by atoms with Gasteiger partial charge in [0.15, 0.2) is 0 Å². The minimum Gasteiger partial charge on any atom is -0.369 e. The van der Waals surface area contributed by atoms with Crippen LogP contribution in [0.3, 0.4) is 0 Å². The number of amides is 1. The summed E-state index contributed by atoms with van der Waals surface area (Å²) >= 11 is 13.2. The van der Waals surface area contributed by atoms with Gasteiger partial charge in [-0.05, 0) is 25.1 Å². The Morgan fingerprint density at radius 3 is 2.74 bits per heavy atom. The lowest BCUT2D eigenvalue weighted by molar-refractivity contribution is 0.103. The molecule has 0 unspecified atom stereocenters. The molecule has 3 N–H and O–H groups in total. The predicted octanol–water partition coefficient (Wildman–Crippen LogP) is 2.51. The Balaban J connectivity index is 1.94. The summed E-state index contributed by atoms with van der Waals surface area (Å²) in [5, 5.41) is 3.10. The monoisotopic (exact) mass is 447 g/mol. The van der Waals surface area contributed by atoms with Crippen LogP contribution in [0.15, 0.2) is 29.3 Å². The van der Waals surface area contributed by atoms with Crippen LogP contribution in [0.4, 0.5) is 5.82 Å². The summed E-state index contributed by atoms with van der Waals surface area (Å²) in [4.78, 5) is 21.5. The van der Waals surface area contributed by atoms with Crippen molar-refractivity contribution >= 4 is 62.2 Å². The van der Waals surface area contributed by atoms with Gasteiger partial charge < -0.3 is 11.1 Å². The van der Waals surface area contributed by atoms with Crippen LogP contribution in [0.2, 0.25) is 10.2 Å². The Hall–Kier alpha value is -1.88. The number of aromatic nitrogens is 1. The predicted molar refractivity (Wildman–Crippen MR) is 107 cm³/mol. The number of thiophene rings is 1. The largest absolute Gasteiger partial charge is 0.369 e. The molecule has 0 aromatic carbocycles. The number of rotatable bonds is 3. The highest BCUT2D eigenvalue weighted by Crippen LogP contribution is 2.41. The summed E-state index contributed by atoms with van der Waals surface area (Å²) in [6.07, 6.45) is 0. The van der Waals surface area contributed by atoms with Crippen LogP contribution in [0, 0.1) is 0 Å². The number of sulfonamides is 1. The SMILES string of the molecule is CN1C(N)=N[C@](C)(c2sc(C(=O)Nc3cccc(Cl)n3)cc2Cl)CS1(=O)=O. The number of guanidine groups is 1. The van der Waals surface area contributed by atoms with Gasteiger partial charge in [0.2, 0.25) is 16.0 Å². The first-order valence-electron chi connectivity index (χ1n) is 7.57. The van der Waals surface area contributed by atoms with Crippen LogP contribution in [-0.2, 0) is 15.6 Å². The zero-order chi connectivity index (χ0) is 20.0. The van der Waals surface area contributed by atoms with Crippen LogP contribution < -0.4 is 11.1 Å². The molecule has 0 spiro atoms. The number of carbonyl (C=O) groups excluding carboxylic acids is 1. The Kier molecular flexibility index (Phi) is 5.10. The number of aliphatic imine (C=N–C) groups is 1. The number of halogens is 2. The summed E-state index contributed by atoms with van der Waals surface area (Å²) < 4.78 is 25.6. The van der Waals surface area contributed by atoms with E-state index in [9.17, 15) is 13.2 Å². The van der Waals surface area contributed by atoms with E-state index in [1.807, 2.05) is 0 Å². The van der Waals surface area contributed by atoms with Gasteiger partial charge in [0.1, 0.15) is 16.5 Å². The molecule has 0 bridgehead atoms. The van der Waals surface area contributed by atoms with Gasteiger partial charge >= 0.3 is 0 Å². The molecule has 12 heteroatoms. The van der Waals surface area contributed by atoms with Gasteiger partial charge in [0, 0.05) is 7.05 Å². The van der Waals surface area contributed by atoms with E-state index in [0.717, 1.165) is 15.6 Å². The summed E-state index contributed by atoms with van der Waals surface area (Å²) in [7, 11) is -2.31. The third-order valence-corrected chi connectivity index (χ3v) is 7.88. The van der Waals surface area contributed by atoms with E-state index in [-0.39, 0.29) is 32.6 Å². The lowest BCUT2D eigenvalue weighted by atomic mass is 10.0. The van der Waals surface area contributed by atoms with Crippen molar-refractivity contribution < 1.29 is 13.2 Å². The number of hydrogen-bond donors (Lipinski definition) is 2. The highest BCUT2D eigenvalue weighted by molar-refractivity contribution is 7.89. The Labute approximate surface area is 170 Å². The normalized spacial score (nSPS) is 21.6. The first kappa shape index (κ1) is 19.9. The quantitative estimate of drug-likeness (QED) is 0.700. The van der Waals surface area contributed by atoms with E-state index in [1.54, 1.807) is 25.1 Å². The standard InChI is InChI=1S/C15H15Cl2N5O3S2/c1-15(7-27(24,25)22(2)14(18)21-15)12-8(16)6-9(26-12)13(23)20-11-5-3-4-10(17)19-11/h3-6H,7H2,1-2H3,(H2,18,21)(H,19,20,23)/t15-/m0/s1. The molecule has 0 aliphatic carbocycles. The van der Waals surface area contributed by atoms with Crippen molar-refractivity contribution in [3.8, 4) is 0 Å². The first-order valence-corrected chi connectivity index (χ1v) is 10.8. The molecule has 8 nitrogen and oxygen atoms in total. The Bertz CT molecular complexity index is 1050. The molecule has 2 aromatic rings. The number of nitrogens with two attached hydrogens (primary N) is 1. The van der Waals surface area contributed by atoms with Crippen LogP contribution in [-0.4, -0.2) is 42.4 Å². The second-order valence-electron chi connectivity index (χ2n) is 6.05. The fourth-order valence-electron chi connectivity index (χ4n) is 2.57. The average Bonchev–Trinajstić information content (AvgIpc) is 2.95. The third-order valence-electron chi connectivity index (χ3n) is 3.92. The zero-order valence-electron chi connectivity index (χ0n) is 14.2. The van der Waals surface area contributed by atoms with E-state index in [0.29, 0.717) is 4.88 Å². The highest BCUT2D eigenvalue weighted by atomic mass is 35.5. The third kappa shape index (κ3) is 3.88. The second-order valence-corrected chi connectivity index (χ2v) is 9.90. The maximum absolute atomic E-state index is 12.5. The lowest BCUT2D eigenvalue weighted by Crippen LogP contribution is -2.50. The van der Waals surface area contributed by atoms with E-state index in [2.05, 4.69) is 15.3 Å². The van der Waals surface area contributed by atoms with Gasteiger partial charge in [0.05, 0.1) is 20.5 Å². The van der Waals surface area contributed by atoms with E-state index >= 15 is 0 Å². The molecule has 3 rings (SSSR count). The topological polar surface area (TPSA) is 118 Å². The molecule has 144 valence electrons. The van der Waals surface area contributed by atoms with Gasteiger partial charge in [-0.15, -0.1) is 11.3 Å². The number of nitrogens with one attached hydrogen (secondary N) is 1. The van der Waals surface area contributed by atoms with Gasteiger partial charge in [-0.25, -0.2) is 22.7 Å². The highest BCUT2D eigenvalue weighted by Gasteiger charge is 2.42.